The largest absolute Gasteiger partial charge is 0.557 e. The summed E-state index contributed by atoms with van der Waals surface area (Å²) < 4.78 is 55.4. The SMILES string of the molecule is N=[P+](OC/C(F)=C/F)OC/C(F)=C/F. The molecule has 0 atom stereocenters. The van der Waals surface area contributed by atoms with Crippen molar-refractivity contribution in [1.29, 1.82) is 5.16 Å². The first-order chi connectivity index (χ1) is 6.60. The Morgan fingerprint density at radius 3 is 1.71 bits per heavy atom. The van der Waals surface area contributed by atoms with Gasteiger partial charge in [0.05, 0.1) is 0 Å². The minimum atomic E-state index is -2.30. The van der Waals surface area contributed by atoms with E-state index in [1.54, 1.807) is 0 Å². The minimum absolute atomic E-state index is 0.328. The highest BCUT2D eigenvalue weighted by Gasteiger charge is 2.16. The zero-order valence-corrected chi connectivity index (χ0v) is 7.74. The van der Waals surface area contributed by atoms with Crippen LogP contribution < -0.4 is 0 Å². The molecule has 0 unspecified atom stereocenters. The Morgan fingerprint density at radius 2 is 1.43 bits per heavy atom. The maximum absolute atomic E-state index is 12.0. The van der Waals surface area contributed by atoms with E-state index in [0.29, 0.717) is 0 Å². The molecule has 0 saturated heterocycles. The van der Waals surface area contributed by atoms with Gasteiger partial charge in [0.15, 0.2) is 24.9 Å². The van der Waals surface area contributed by atoms with Gasteiger partial charge >= 0.3 is 8.17 Å². The van der Waals surface area contributed by atoms with Crippen LogP contribution in [0, 0.1) is 5.16 Å². The molecule has 0 amide bonds. The molecule has 0 bridgehead atoms. The van der Waals surface area contributed by atoms with Crippen LogP contribution in [0.2, 0.25) is 0 Å². The van der Waals surface area contributed by atoms with E-state index in [2.05, 4.69) is 9.05 Å². The van der Waals surface area contributed by atoms with E-state index in [9.17, 15) is 17.6 Å². The van der Waals surface area contributed by atoms with Gasteiger partial charge < -0.3 is 0 Å². The number of hydrogen-bond acceptors (Lipinski definition) is 3. The summed E-state index contributed by atoms with van der Waals surface area (Å²) in [5, 5.41) is 6.90. The lowest BCUT2D eigenvalue weighted by Gasteiger charge is -1.90. The Balaban J connectivity index is 3.67. The minimum Gasteiger partial charge on any atom is -0.213 e. The first-order valence-corrected chi connectivity index (χ1v) is 4.44. The molecule has 0 aromatic carbocycles. The Labute approximate surface area is 78.4 Å². The lowest BCUT2D eigenvalue weighted by Crippen LogP contribution is -1.91. The molecular weight excluding hydrogens is 225 g/mol. The smallest absolute Gasteiger partial charge is 0.213 e. The highest BCUT2D eigenvalue weighted by Crippen LogP contribution is 2.26. The zero-order valence-electron chi connectivity index (χ0n) is 6.84. The van der Waals surface area contributed by atoms with Crippen LogP contribution in [0.15, 0.2) is 24.3 Å². The van der Waals surface area contributed by atoms with Gasteiger partial charge in [-0.05, 0) is 0 Å². The van der Waals surface area contributed by atoms with E-state index in [1.165, 1.54) is 0 Å². The summed E-state index contributed by atoms with van der Waals surface area (Å²) in [6.07, 6.45) is -0.656. The van der Waals surface area contributed by atoms with E-state index in [0.717, 1.165) is 0 Å². The number of hydrogen-bond donors (Lipinski definition) is 1. The molecule has 0 aromatic heterocycles. The van der Waals surface area contributed by atoms with Crippen LogP contribution in [0.5, 0.6) is 0 Å². The number of halogens is 4. The van der Waals surface area contributed by atoms with E-state index in [4.69, 9.17) is 5.16 Å². The first kappa shape index (κ1) is 13.2. The Hall–Kier alpha value is -0.780. The summed E-state index contributed by atoms with van der Waals surface area (Å²) >= 11 is 0. The molecule has 80 valence electrons. The van der Waals surface area contributed by atoms with Crippen molar-refractivity contribution in [3.05, 3.63) is 24.3 Å². The number of nitrogens with one attached hydrogen (secondary N) is 1. The lowest BCUT2D eigenvalue weighted by molar-refractivity contribution is 0.258. The van der Waals surface area contributed by atoms with Gasteiger partial charge in [-0.1, -0.05) is 5.16 Å². The third-order valence-electron chi connectivity index (χ3n) is 0.876. The highest BCUT2D eigenvalue weighted by molar-refractivity contribution is 7.34. The molecule has 0 aromatic rings. The van der Waals surface area contributed by atoms with Gasteiger partial charge in [0.2, 0.25) is 0 Å². The Bertz CT molecular complexity index is 232. The molecule has 0 rings (SSSR count). The predicted molar refractivity (Wildman–Crippen MR) is 42.1 cm³/mol. The molecule has 0 aliphatic rings. The van der Waals surface area contributed by atoms with Crippen LogP contribution in [0.1, 0.15) is 0 Å². The molecule has 0 saturated carbocycles. The molecule has 0 radical (unpaired) electrons. The van der Waals surface area contributed by atoms with Gasteiger partial charge in [0, 0.05) is 0 Å². The van der Waals surface area contributed by atoms with Gasteiger partial charge in [-0.2, -0.15) is 0 Å². The molecule has 0 heterocycles. The third-order valence-corrected chi connectivity index (χ3v) is 1.60. The summed E-state index contributed by atoms with van der Waals surface area (Å²) in [7, 11) is -2.30. The zero-order chi connectivity index (χ0) is 11.0. The van der Waals surface area contributed by atoms with Crippen molar-refractivity contribution in [2.45, 2.75) is 0 Å². The van der Waals surface area contributed by atoms with Gasteiger partial charge in [-0.3, -0.25) is 0 Å². The van der Waals surface area contributed by atoms with E-state index >= 15 is 0 Å². The lowest BCUT2D eigenvalue weighted by atomic mass is 10.6. The molecule has 0 fully saturated rings. The maximum atomic E-state index is 12.0. The van der Waals surface area contributed by atoms with E-state index in [1.807, 2.05) is 0 Å². The first-order valence-electron chi connectivity index (χ1n) is 3.26. The van der Waals surface area contributed by atoms with Crippen molar-refractivity contribution >= 4 is 8.17 Å². The van der Waals surface area contributed by atoms with Crippen LogP contribution in [-0.4, -0.2) is 13.2 Å². The summed E-state index contributed by atoms with van der Waals surface area (Å²) in [6, 6.07) is 0. The van der Waals surface area contributed by atoms with Crippen LogP contribution in [0.4, 0.5) is 17.6 Å². The molecule has 1 N–H and O–H groups in total. The van der Waals surface area contributed by atoms with Crippen molar-refractivity contribution in [2.24, 2.45) is 0 Å². The molecule has 3 nitrogen and oxygen atoms in total. The summed E-state index contributed by atoms with van der Waals surface area (Å²) in [4.78, 5) is 0. The monoisotopic (exact) mass is 232 g/mol. The summed E-state index contributed by atoms with van der Waals surface area (Å²) in [5.41, 5.74) is 0. The van der Waals surface area contributed by atoms with Crippen molar-refractivity contribution < 1.29 is 26.6 Å². The average Bonchev–Trinajstić information content (AvgIpc) is 2.22. The highest BCUT2D eigenvalue weighted by atomic mass is 31.1. The van der Waals surface area contributed by atoms with Crippen molar-refractivity contribution in [3.63, 3.8) is 0 Å². The molecule has 8 heteroatoms. The third kappa shape index (κ3) is 6.71. The van der Waals surface area contributed by atoms with Crippen LogP contribution >= 0.6 is 8.17 Å². The maximum Gasteiger partial charge on any atom is 0.557 e. The van der Waals surface area contributed by atoms with E-state index < -0.39 is 33.0 Å². The summed E-state index contributed by atoms with van der Waals surface area (Å²) in [5.74, 6) is -2.43. The molecule has 14 heavy (non-hydrogen) atoms. The quantitative estimate of drug-likeness (QED) is 0.560. The normalized spacial score (nSPS) is 13.1. The van der Waals surface area contributed by atoms with Crippen molar-refractivity contribution in [3.8, 4) is 0 Å². The molecule has 0 aliphatic carbocycles. The molecule has 0 aliphatic heterocycles. The standard InChI is InChI=1S/C6H7F4NO2P/c7-1-5(9)3-12-14(11)13-4-6(10)2-8/h1-2,11H,3-4H2/q+1/b5-1-,6-2-. The van der Waals surface area contributed by atoms with Gasteiger partial charge in [0.25, 0.3) is 0 Å². The summed E-state index contributed by atoms with van der Waals surface area (Å²) in [6.45, 7) is -1.54. The van der Waals surface area contributed by atoms with Crippen molar-refractivity contribution in [1.82, 2.24) is 0 Å². The van der Waals surface area contributed by atoms with E-state index in [-0.39, 0.29) is 12.7 Å². The van der Waals surface area contributed by atoms with Crippen molar-refractivity contribution in [2.75, 3.05) is 13.2 Å². The fourth-order valence-electron chi connectivity index (χ4n) is 0.341. The fourth-order valence-corrected chi connectivity index (χ4v) is 0.897. The second-order valence-electron chi connectivity index (χ2n) is 1.92. The predicted octanol–water partition coefficient (Wildman–Crippen LogP) is 3.65. The van der Waals surface area contributed by atoms with Crippen LogP contribution in [-0.2, 0) is 9.05 Å². The Morgan fingerprint density at radius 1 is 1.07 bits per heavy atom. The average molecular weight is 232 g/mol. The van der Waals surface area contributed by atoms with Gasteiger partial charge in [-0.25, -0.2) is 17.6 Å². The van der Waals surface area contributed by atoms with Gasteiger partial charge in [0.1, 0.15) is 12.7 Å². The van der Waals surface area contributed by atoms with Crippen LogP contribution in [0.25, 0.3) is 0 Å². The number of rotatable bonds is 6. The second kappa shape index (κ2) is 7.61. The van der Waals surface area contributed by atoms with Gasteiger partial charge in [-0.15, -0.1) is 9.05 Å². The topological polar surface area (TPSA) is 42.3 Å². The van der Waals surface area contributed by atoms with Crippen LogP contribution in [0.3, 0.4) is 0 Å². The molecule has 0 spiro atoms. The fraction of sp³-hybridized carbons (Fsp3) is 0.333. The molecular formula is C6H7F4NO2P+. The Kier molecular flexibility index (Phi) is 7.18. The second-order valence-corrected chi connectivity index (χ2v) is 2.95.